The van der Waals surface area contributed by atoms with E-state index in [0.717, 1.165) is 35.8 Å². The quantitative estimate of drug-likeness (QED) is 0.447. The summed E-state index contributed by atoms with van der Waals surface area (Å²) in [5.74, 6) is 1.98. The Balaban J connectivity index is 1.70. The van der Waals surface area contributed by atoms with Crippen LogP contribution in [0, 0.1) is 0 Å². The summed E-state index contributed by atoms with van der Waals surface area (Å²) >= 11 is 0. The lowest BCUT2D eigenvalue weighted by atomic mass is 10.00. The SMILES string of the molecule is COc1ccc(-c2nc3n(c2-c2ccccc2)Cc2ccccc2C3)cc1. The highest BCUT2D eigenvalue weighted by Gasteiger charge is 2.24. The van der Waals surface area contributed by atoms with Gasteiger partial charge in [-0.1, -0.05) is 54.6 Å². The maximum atomic E-state index is 5.32. The van der Waals surface area contributed by atoms with E-state index in [1.165, 1.54) is 22.4 Å². The van der Waals surface area contributed by atoms with Crippen LogP contribution in [0.1, 0.15) is 17.0 Å². The van der Waals surface area contributed by atoms with E-state index in [9.17, 15) is 0 Å². The van der Waals surface area contributed by atoms with Gasteiger partial charge in [-0.25, -0.2) is 4.98 Å². The van der Waals surface area contributed by atoms with E-state index < -0.39 is 0 Å². The number of ether oxygens (including phenoxy) is 1. The zero-order valence-corrected chi connectivity index (χ0v) is 15.2. The molecule has 3 nitrogen and oxygen atoms in total. The molecule has 1 aromatic heterocycles. The molecule has 1 aliphatic rings. The van der Waals surface area contributed by atoms with Crippen LogP contribution < -0.4 is 4.74 Å². The van der Waals surface area contributed by atoms with Gasteiger partial charge in [0.25, 0.3) is 0 Å². The third-order valence-electron chi connectivity index (χ3n) is 5.25. The monoisotopic (exact) mass is 352 g/mol. The molecular formula is C24H20N2O. The number of rotatable bonds is 3. The van der Waals surface area contributed by atoms with Gasteiger partial charge in [0.1, 0.15) is 11.6 Å². The summed E-state index contributed by atoms with van der Waals surface area (Å²) in [7, 11) is 1.69. The Kier molecular flexibility index (Phi) is 3.79. The van der Waals surface area contributed by atoms with Gasteiger partial charge in [-0.2, -0.15) is 0 Å². The summed E-state index contributed by atoms with van der Waals surface area (Å²) in [4.78, 5) is 5.07. The van der Waals surface area contributed by atoms with Crippen LogP contribution in [0.3, 0.4) is 0 Å². The van der Waals surface area contributed by atoms with Crippen LogP contribution in [-0.4, -0.2) is 16.7 Å². The summed E-state index contributed by atoms with van der Waals surface area (Å²) in [5.41, 5.74) is 7.27. The third-order valence-corrected chi connectivity index (χ3v) is 5.25. The molecule has 0 atom stereocenters. The normalized spacial score (nSPS) is 12.3. The molecule has 0 unspecified atom stereocenters. The molecule has 27 heavy (non-hydrogen) atoms. The first-order chi connectivity index (χ1) is 13.3. The molecule has 2 heterocycles. The summed E-state index contributed by atoms with van der Waals surface area (Å²) in [6.07, 6.45) is 0.867. The maximum Gasteiger partial charge on any atom is 0.118 e. The summed E-state index contributed by atoms with van der Waals surface area (Å²) in [5, 5.41) is 0. The van der Waals surface area contributed by atoms with Crippen molar-refractivity contribution in [1.82, 2.24) is 9.55 Å². The Morgan fingerprint density at radius 3 is 2.22 bits per heavy atom. The average Bonchev–Trinajstić information content (AvgIpc) is 3.11. The van der Waals surface area contributed by atoms with Gasteiger partial charge in [-0.15, -0.1) is 0 Å². The topological polar surface area (TPSA) is 27.1 Å². The number of benzene rings is 3. The van der Waals surface area contributed by atoms with Crippen LogP contribution in [0.5, 0.6) is 5.75 Å². The highest BCUT2D eigenvalue weighted by Crippen LogP contribution is 2.36. The molecule has 3 aromatic carbocycles. The fraction of sp³-hybridized carbons (Fsp3) is 0.125. The summed E-state index contributed by atoms with van der Waals surface area (Å²) in [6, 6.07) is 27.4. The lowest BCUT2D eigenvalue weighted by Gasteiger charge is -2.20. The smallest absolute Gasteiger partial charge is 0.118 e. The molecule has 0 amide bonds. The molecule has 0 saturated carbocycles. The fourth-order valence-corrected chi connectivity index (χ4v) is 3.87. The second kappa shape index (κ2) is 6.44. The van der Waals surface area contributed by atoms with Gasteiger partial charge >= 0.3 is 0 Å². The van der Waals surface area contributed by atoms with Crippen LogP contribution >= 0.6 is 0 Å². The first-order valence-corrected chi connectivity index (χ1v) is 9.19. The van der Waals surface area contributed by atoms with Crippen molar-refractivity contribution in [2.24, 2.45) is 0 Å². The molecule has 132 valence electrons. The number of imidazole rings is 1. The molecule has 0 saturated heterocycles. The van der Waals surface area contributed by atoms with Crippen LogP contribution in [0.25, 0.3) is 22.5 Å². The standard InChI is InChI=1S/C24H20N2O/c1-27-21-13-11-17(12-14-21)23-24(18-7-3-2-4-8-18)26-16-20-10-6-5-9-19(20)15-22(26)25-23/h2-14H,15-16H2,1H3. The minimum absolute atomic E-state index is 0.858. The summed E-state index contributed by atoms with van der Waals surface area (Å²) < 4.78 is 7.69. The van der Waals surface area contributed by atoms with E-state index in [2.05, 4.69) is 71.3 Å². The van der Waals surface area contributed by atoms with Crippen molar-refractivity contribution < 1.29 is 4.74 Å². The molecular weight excluding hydrogens is 332 g/mol. The van der Waals surface area contributed by atoms with E-state index in [1.54, 1.807) is 7.11 Å². The number of nitrogens with zero attached hydrogens (tertiary/aromatic N) is 2. The van der Waals surface area contributed by atoms with E-state index in [4.69, 9.17) is 9.72 Å². The molecule has 3 heteroatoms. The van der Waals surface area contributed by atoms with Gasteiger partial charge in [0, 0.05) is 24.1 Å². The highest BCUT2D eigenvalue weighted by atomic mass is 16.5. The van der Waals surface area contributed by atoms with Crippen LogP contribution in [0.15, 0.2) is 78.9 Å². The van der Waals surface area contributed by atoms with Crippen molar-refractivity contribution in [2.75, 3.05) is 7.11 Å². The zero-order valence-electron chi connectivity index (χ0n) is 15.2. The lowest BCUT2D eigenvalue weighted by Crippen LogP contribution is -2.14. The maximum absolute atomic E-state index is 5.32. The van der Waals surface area contributed by atoms with E-state index in [0.29, 0.717) is 0 Å². The molecule has 0 N–H and O–H groups in total. The number of hydrogen-bond acceptors (Lipinski definition) is 2. The predicted molar refractivity (Wildman–Crippen MR) is 108 cm³/mol. The number of hydrogen-bond donors (Lipinski definition) is 0. The Bertz CT molecular complexity index is 1100. The number of aromatic nitrogens is 2. The van der Waals surface area contributed by atoms with Crippen molar-refractivity contribution >= 4 is 0 Å². The minimum Gasteiger partial charge on any atom is -0.497 e. The van der Waals surface area contributed by atoms with Gasteiger partial charge < -0.3 is 9.30 Å². The van der Waals surface area contributed by atoms with E-state index in [1.807, 2.05) is 12.1 Å². The second-order valence-electron chi connectivity index (χ2n) is 6.85. The largest absolute Gasteiger partial charge is 0.497 e. The van der Waals surface area contributed by atoms with Crippen molar-refractivity contribution in [3.8, 4) is 28.3 Å². The molecule has 0 radical (unpaired) electrons. The summed E-state index contributed by atoms with van der Waals surface area (Å²) in [6.45, 7) is 0.860. The van der Waals surface area contributed by atoms with Gasteiger partial charge in [0.2, 0.25) is 0 Å². The van der Waals surface area contributed by atoms with Crippen LogP contribution in [-0.2, 0) is 13.0 Å². The zero-order chi connectivity index (χ0) is 18.2. The van der Waals surface area contributed by atoms with Crippen LogP contribution in [0.2, 0.25) is 0 Å². The number of fused-ring (bicyclic) bond motifs is 2. The van der Waals surface area contributed by atoms with Crippen molar-refractivity contribution in [3.63, 3.8) is 0 Å². The van der Waals surface area contributed by atoms with Gasteiger partial charge in [0.05, 0.1) is 18.5 Å². The first kappa shape index (κ1) is 15.9. The van der Waals surface area contributed by atoms with Crippen molar-refractivity contribution in [1.29, 1.82) is 0 Å². The Hall–Kier alpha value is -3.33. The average molecular weight is 352 g/mol. The molecule has 0 aliphatic carbocycles. The van der Waals surface area contributed by atoms with Gasteiger partial charge in [-0.05, 0) is 35.4 Å². The minimum atomic E-state index is 0.858. The van der Waals surface area contributed by atoms with Crippen molar-refractivity contribution in [2.45, 2.75) is 13.0 Å². The Labute approximate surface area is 158 Å². The third kappa shape index (κ3) is 2.72. The van der Waals surface area contributed by atoms with E-state index in [-0.39, 0.29) is 0 Å². The van der Waals surface area contributed by atoms with Crippen molar-refractivity contribution in [3.05, 3.63) is 95.8 Å². The van der Waals surface area contributed by atoms with Crippen LogP contribution in [0.4, 0.5) is 0 Å². The lowest BCUT2D eigenvalue weighted by molar-refractivity contribution is 0.415. The molecule has 1 aliphatic heterocycles. The molecule has 5 rings (SSSR count). The fourth-order valence-electron chi connectivity index (χ4n) is 3.87. The second-order valence-corrected chi connectivity index (χ2v) is 6.85. The number of methoxy groups -OCH3 is 1. The highest BCUT2D eigenvalue weighted by molar-refractivity contribution is 5.79. The first-order valence-electron chi connectivity index (χ1n) is 9.19. The molecule has 0 bridgehead atoms. The van der Waals surface area contributed by atoms with Gasteiger partial charge in [-0.3, -0.25) is 0 Å². The van der Waals surface area contributed by atoms with E-state index >= 15 is 0 Å². The molecule has 0 spiro atoms. The molecule has 4 aromatic rings. The molecule has 0 fully saturated rings. The van der Waals surface area contributed by atoms with Gasteiger partial charge in [0.15, 0.2) is 0 Å². The Morgan fingerprint density at radius 1 is 0.778 bits per heavy atom. The Morgan fingerprint density at radius 2 is 1.48 bits per heavy atom. The predicted octanol–water partition coefficient (Wildman–Crippen LogP) is 5.18.